The Morgan fingerprint density at radius 3 is 2.67 bits per heavy atom. The lowest BCUT2D eigenvalue weighted by Gasteiger charge is -2.15. The summed E-state index contributed by atoms with van der Waals surface area (Å²) in [6.45, 7) is 12.0. The van der Waals surface area contributed by atoms with E-state index in [2.05, 4.69) is 18.6 Å². The molecule has 0 saturated heterocycles. The number of unbranched alkanes of at least 4 members (excludes halogenated alkanes) is 1. The van der Waals surface area contributed by atoms with Gasteiger partial charge in [0, 0.05) is 13.0 Å². The van der Waals surface area contributed by atoms with E-state index in [0.717, 1.165) is 12.8 Å². The molecule has 102 valence electrons. The van der Waals surface area contributed by atoms with Gasteiger partial charge in [0.05, 0.1) is 0 Å². The van der Waals surface area contributed by atoms with Gasteiger partial charge in [0.1, 0.15) is 19.2 Å². The monoisotopic (exact) mass is 254 g/mol. The lowest BCUT2D eigenvalue weighted by Crippen LogP contribution is -2.34. The minimum absolute atomic E-state index is 0.0628. The SMILES string of the molecule is C=CCNC(=O)/C(=C(\[O-])OCC)[N+](=C)CCCC. The van der Waals surface area contributed by atoms with E-state index in [1.165, 1.54) is 4.58 Å². The largest absolute Gasteiger partial charge is 0.609 e. The van der Waals surface area contributed by atoms with Crippen LogP contribution < -0.4 is 10.4 Å². The molecule has 5 nitrogen and oxygen atoms in total. The highest BCUT2D eigenvalue weighted by Gasteiger charge is 2.22. The summed E-state index contributed by atoms with van der Waals surface area (Å²) in [6, 6.07) is 0. The van der Waals surface area contributed by atoms with Crippen LogP contribution in [-0.4, -0.2) is 36.9 Å². The maximum absolute atomic E-state index is 11.8. The van der Waals surface area contributed by atoms with Gasteiger partial charge in [0.15, 0.2) is 0 Å². The van der Waals surface area contributed by atoms with Gasteiger partial charge in [-0.1, -0.05) is 26.3 Å². The van der Waals surface area contributed by atoms with Gasteiger partial charge in [-0.15, -0.1) is 6.58 Å². The van der Waals surface area contributed by atoms with Crippen LogP contribution in [0.4, 0.5) is 0 Å². The minimum Gasteiger partial charge on any atom is -0.609 e. The van der Waals surface area contributed by atoms with Crippen LogP contribution in [0.25, 0.3) is 0 Å². The maximum atomic E-state index is 11.8. The molecule has 0 rings (SSSR count). The molecule has 0 fully saturated rings. The zero-order chi connectivity index (χ0) is 14.0. The average Bonchev–Trinajstić information content (AvgIpc) is 2.34. The molecule has 0 bridgehead atoms. The van der Waals surface area contributed by atoms with Crippen LogP contribution in [-0.2, 0) is 9.53 Å². The number of ether oxygens (including phenoxy) is 1. The topological polar surface area (TPSA) is 64.4 Å². The van der Waals surface area contributed by atoms with Gasteiger partial charge in [-0.25, -0.2) is 0 Å². The van der Waals surface area contributed by atoms with E-state index in [1.54, 1.807) is 13.0 Å². The zero-order valence-electron chi connectivity index (χ0n) is 11.2. The fraction of sp³-hybridized carbons (Fsp3) is 0.538. The Balaban J connectivity index is 4.92. The third-order valence-electron chi connectivity index (χ3n) is 2.19. The van der Waals surface area contributed by atoms with Gasteiger partial charge in [-0.3, -0.25) is 4.79 Å². The van der Waals surface area contributed by atoms with Crippen molar-refractivity contribution in [3.63, 3.8) is 0 Å². The zero-order valence-corrected chi connectivity index (χ0v) is 11.2. The molecule has 0 heterocycles. The van der Waals surface area contributed by atoms with Crippen molar-refractivity contribution in [1.82, 2.24) is 5.32 Å². The van der Waals surface area contributed by atoms with Crippen molar-refractivity contribution in [1.29, 1.82) is 0 Å². The average molecular weight is 254 g/mol. The number of amides is 1. The predicted molar refractivity (Wildman–Crippen MR) is 69.0 cm³/mol. The summed E-state index contributed by atoms with van der Waals surface area (Å²) >= 11 is 0. The summed E-state index contributed by atoms with van der Waals surface area (Å²) in [4.78, 5) is 11.8. The summed E-state index contributed by atoms with van der Waals surface area (Å²) in [5, 5.41) is 14.3. The fourth-order valence-corrected chi connectivity index (χ4v) is 1.27. The normalized spacial score (nSPS) is 11.4. The van der Waals surface area contributed by atoms with E-state index < -0.39 is 11.9 Å². The molecule has 0 aromatic rings. The first-order valence-electron chi connectivity index (χ1n) is 6.09. The highest BCUT2D eigenvalue weighted by Crippen LogP contribution is 2.04. The van der Waals surface area contributed by atoms with Crippen molar-refractivity contribution in [3.8, 4) is 0 Å². The number of hydrogen-bond acceptors (Lipinski definition) is 3. The summed E-state index contributed by atoms with van der Waals surface area (Å²) in [6.07, 6.45) is 3.34. The molecule has 1 amide bonds. The van der Waals surface area contributed by atoms with Crippen molar-refractivity contribution < 1.29 is 19.2 Å². The van der Waals surface area contributed by atoms with Crippen LogP contribution in [0.1, 0.15) is 26.7 Å². The van der Waals surface area contributed by atoms with Crippen molar-refractivity contribution in [2.75, 3.05) is 19.7 Å². The number of carbonyl (C=O) groups excluding carboxylic acids is 1. The van der Waals surface area contributed by atoms with Gasteiger partial charge in [-0.05, 0) is 6.61 Å². The van der Waals surface area contributed by atoms with Crippen LogP contribution in [0.15, 0.2) is 24.3 Å². The minimum atomic E-state index is -0.648. The Hall–Kier alpha value is -1.78. The first-order chi connectivity index (χ1) is 8.58. The van der Waals surface area contributed by atoms with E-state index >= 15 is 0 Å². The van der Waals surface area contributed by atoms with Crippen molar-refractivity contribution in [2.45, 2.75) is 26.7 Å². The van der Waals surface area contributed by atoms with Gasteiger partial charge in [0.2, 0.25) is 0 Å². The molecule has 0 atom stereocenters. The quantitative estimate of drug-likeness (QED) is 0.212. The number of carbonyl (C=O) groups is 1. The molecule has 0 aromatic heterocycles. The van der Waals surface area contributed by atoms with Gasteiger partial charge < -0.3 is 15.2 Å². The van der Waals surface area contributed by atoms with Gasteiger partial charge in [0.25, 0.3) is 5.70 Å². The second kappa shape index (κ2) is 9.27. The molecular weight excluding hydrogens is 232 g/mol. The summed E-state index contributed by atoms with van der Waals surface area (Å²) in [5.41, 5.74) is -0.0628. The molecule has 1 N–H and O–H groups in total. The van der Waals surface area contributed by atoms with Crippen LogP contribution in [0.2, 0.25) is 0 Å². The van der Waals surface area contributed by atoms with Crippen LogP contribution in [0.3, 0.4) is 0 Å². The van der Waals surface area contributed by atoms with Crippen molar-refractivity contribution in [3.05, 3.63) is 24.3 Å². The molecule has 0 aromatic carbocycles. The van der Waals surface area contributed by atoms with Gasteiger partial charge >= 0.3 is 5.91 Å². The highest BCUT2D eigenvalue weighted by molar-refractivity contribution is 5.91. The summed E-state index contributed by atoms with van der Waals surface area (Å²) in [5.74, 6) is -1.13. The molecular formula is C13H22N2O3. The maximum Gasteiger partial charge on any atom is 0.318 e. The van der Waals surface area contributed by atoms with E-state index in [-0.39, 0.29) is 12.3 Å². The van der Waals surface area contributed by atoms with Gasteiger partial charge in [-0.2, -0.15) is 4.58 Å². The van der Waals surface area contributed by atoms with Crippen LogP contribution in [0.5, 0.6) is 0 Å². The Morgan fingerprint density at radius 1 is 1.50 bits per heavy atom. The molecule has 0 aliphatic heterocycles. The van der Waals surface area contributed by atoms with Crippen LogP contribution >= 0.6 is 0 Å². The summed E-state index contributed by atoms with van der Waals surface area (Å²) < 4.78 is 6.25. The molecule has 18 heavy (non-hydrogen) atoms. The van der Waals surface area contributed by atoms with Crippen molar-refractivity contribution >= 4 is 12.6 Å². The van der Waals surface area contributed by atoms with Crippen LogP contribution in [0, 0.1) is 0 Å². The fourth-order valence-electron chi connectivity index (χ4n) is 1.27. The highest BCUT2D eigenvalue weighted by atomic mass is 16.6. The smallest absolute Gasteiger partial charge is 0.318 e. The number of hydrogen-bond donors (Lipinski definition) is 1. The first-order valence-corrected chi connectivity index (χ1v) is 6.09. The lowest BCUT2D eigenvalue weighted by atomic mass is 10.3. The number of nitrogens with one attached hydrogen (secondary N) is 1. The standard InChI is InChI=1S/C13H22N2O3/c1-5-8-10-15(4)11(13(17)18-7-3)12(16)14-9-6-2/h6H,2,4-5,7-10H2,1,3H3,(H-,14,16,17). The van der Waals surface area contributed by atoms with E-state index in [0.29, 0.717) is 13.1 Å². The third kappa shape index (κ3) is 5.52. The Kier molecular flexibility index (Phi) is 8.35. The Morgan fingerprint density at radius 2 is 2.17 bits per heavy atom. The third-order valence-corrected chi connectivity index (χ3v) is 2.19. The van der Waals surface area contributed by atoms with Crippen molar-refractivity contribution in [2.24, 2.45) is 0 Å². The molecule has 0 radical (unpaired) electrons. The molecule has 0 aliphatic carbocycles. The van der Waals surface area contributed by atoms with E-state index in [1.807, 2.05) is 6.92 Å². The number of nitrogens with zero attached hydrogens (tertiary/aromatic N) is 1. The molecule has 0 saturated carbocycles. The second-order valence-corrected chi connectivity index (χ2v) is 3.68. The van der Waals surface area contributed by atoms with E-state index in [4.69, 9.17) is 4.74 Å². The predicted octanol–water partition coefficient (Wildman–Crippen LogP) is 0.368. The first kappa shape index (κ1) is 16.2. The summed E-state index contributed by atoms with van der Waals surface area (Å²) in [7, 11) is 0. The number of rotatable bonds is 9. The second-order valence-electron chi connectivity index (χ2n) is 3.68. The van der Waals surface area contributed by atoms with E-state index in [9.17, 15) is 9.90 Å². The molecule has 0 unspecified atom stereocenters. The molecule has 0 aliphatic rings. The Labute approximate surface area is 108 Å². The molecule has 0 spiro atoms. The molecule has 5 heteroatoms. The Bertz CT molecular complexity index is 335. The lowest BCUT2D eigenvalue weighted by molar-refractivity contribution is -0.484.